The summed E-state index contributed by atoms with van der Waals surface area (Å²) in [4.78, 5) is 35.1. The van der Waals surface area contributed by atoms with Gasteiger partial charge in [0.25, 0.3) is 0 Å². The molecular formula is C36H42ClN7O2. The minimum atomic E-state index is -0.240. The zero-order valence-corrected chi connectivity index (χ0v) is 27.5. The average Bonchev–Trinajstić information content (AvgIpc) is 3.69. The summed E-state index contributed by atoms with van der Waals surface area (Å²) >= 11 is 6.73. The van der Waals surface area contributed by atoms with Gasteiger partial charge in [0.15, 0.2) is 0 Å². The van der Waals surface area contributed by atoms with E-state index in [1.54, 1.807) is 4.90 Å². The van der Waals surface area contributed by atoms with E-state index in [1.165, 1.54) is 25.3 Å². The Bertz CT molecular complexity index is 1680. The lowest BCUT2D eigenvalue weighted by molar-refractivity contribution is -0.128. The molecule has 0 N–H and O–H groups in total. The van der Waals surface area contributed by atoms with Gasteiger partial charge < -0.3 is 24.3 Å². The maximum Gasteiger partial charge on any atom is 0.318 e. The molecule has 2 unspecified atom stereocenters. The van der Waals surface area contributed by atoms with Gasteiger partial charge in [-0.05, 0) is 75.1 Å². The number of fused-ring (bicyclic) bond motifs is 3. The van der Waals surface area contributed by atoms with Crippen LogP contribution in [0.1, 0.15) is 37.4 Å². The molecule has 7 rings (SSSR count). The van der Waals surface area contributed by atoms with Crippen LogP contribution >= 0.6 is 11.6 Å². The summed E-state index contributed by atoms with van der Waals surface area (Å²) in [5.41, 5.74) is 3.14. The second kappa shape index (κ2) is 12.7. The Kier molecular flexibility index (Phi) is 8.51. The summed E-state index contributed by atoms with van der Waals surface area (Å²) in [7, 11) is 2.22. The third-order valence-electron chi connectivity index (χ3n) is 10.7. The highest BCUT2D eigenvalue weighted by Gasteiger charge is 2.47. The lowest BCUT2D eigenvalue weighted by Crippen LogP contribution is -2.56. The Morgan fingerprint density at radius 1 is 1.15 bits per heavy atom. The Morgan fingerprint density at radius 3 is 2.70 bits per heavy atom. The number of piperazine rings is 1. The standard InChI is InChI=1S/C36H42ClN7O2/c1-5-33(45)44-15-14-43(20-28(44)19-38-3)35-29-12-13-42(32-11-7-9-24-8-6-10-30(37)34(24)32)21-31(29)39-36(40-35)46-22-23(2)41(4)27-17-25-16-26(25)18-27/h5-11,23,25-28H,1,12-22H2,2,4H3/t23-,25?,26?,27?,28-/m0/s1. The molecular weight excluding hydrogens is 598 g/mol. The number of aromatic nitrogens is 2. The molecule has 1 saturated heterocycles. The maximum absolute atomic E-state index is 12.6. The highest BCUT2D eigenvalue weighted by atomic mass is 35.5. The van der Waals surface area contributed by atoms with Crippen molar-refractivity contribution in [2.45, 2.75) is 57.3 Å². The third-order valence-corrected chi connectivity index (χ3v) is 11.0. The minimum absolute atomic E-state index is 0.135. The normalized spacial score (nSPS) is 24.4. The van der Waals surface area contributed by atoms with E-state index < -0.39 is 0 Å². The highest BCUT2D eigenvalue weighted by Crippen LogP contribution is 2.53. The number of halogens is 1. The van der Waals surface area contributed by atoms with E-state index in [9.17, 15) is 4.79 Å². The van der Waals surface area contributed by atoms with Crippen LogP contribution in [0.25, 0.3) is 15.6 Å². The molecule has 2 aliphatic heterocycles. The quantitative estimate of drug-likeness (QED) is 0.227. The van der Waals surface area contributed by atoms with Crippen molar-refractivity contribution >= 4 is 39.8 Å². The zero-order chi connectivity index (χ0) is 31.9. The Balaban J connectivity index is 1.18. The summed E-state index contributed by atoms with van der Waals surface area (Å²) in [6, 6.07) is 13.3. The molecule has 0 radical (unpaired) electrons. The van der Waals surface area contributed by atoms with Gasteiger partial charge in [-0.1, -0.05) is 42.4 Å². The summed E-state index contributed by atoms with van der Waals surface area (Å²) < 4.78 is 6.41. The molecule has 46 heavy (non-hydrogen) atoms. The zero-order valence-electron chi connectivity index (χ0n) is 26.7. The summed E-state index contributed by atoms with van der Waals surface area (Å²) in [6.45, 7) is 17.2. The van der Waals surface area contributed by atoms with Crippen molar-refractivity contribution in [2.75, 3.05) is 56.2 Å². The Hall–Kier alpha value is -3.87. The first-order valence-corrected chi connectivity index (χ1v) is 16.9. The number of hydrogen-bond acceptors (Lipinski definition) is 7. The van der Waals surface area contributed by atoms with Crippen LogP contribution in [0.15, 0.2) is 49.1 Å². The SMILES string of the molecule is [C-]#[N+]C[C@H]1CN(c2nc(OC[C@H](C)N(C)C3CC4CC4C3)nc3c2CCN(c2cccc4cccc(Cl)c24)C3)CCN1C(=O)C=C. The van der Waals surface area contributed by atoms with Gasteiger partial charge in [0.2, 0.25) is 12.5 Å². The average molecular weight is 640 g/mol. The monoisotopic (exact) mass is 639 g/mol. The van der Waals surface area contributed by atoms with Crippen LogP contribution in [0.4, 0.5) is 11.5 Å². The number of rotatable bonds is 9. The molecule has 2 aliphatic carbocycles. The second-order valence-corrected chi connectivity index (χ2v) is 13.8. The number of ether oxygens (including phenoxy) is 1. The minimum Gasteiger partial charge on any atom is -0.462 e. The predicted octanol–water partition coefficient (Wildman–Crippen LogP) is 5.47. The van der Waals surface area contributed by atoms with Crippen molar-refractivity contribution < 1.29 is 9.53 Å². The van der Waals surface area contributed by atoms with E-state index in [0.29, 0.717) is 44.8 Å². The molecule has 3 heterocycles. The number of anilines is 2. The number of hydrogen-bond donors (Lipinski definition) is 0. The fourth-order valence-electron chi connectivity index (χ4n) is 7.86. The number of benzene rings is 2. The molecule has 10 heteroatoms. The van der Waals surface area contributed by atoms with Crippen LogP contribution in [-0.2, 0) is 17.8 Å². The number of likely N-dealkylation sites (N-methyl/N-ethyl adjacent to an activating group) is 1. The van der Waals surface area contributed by atoms with Gasteiger partial charge in [-0.2, -0.15) is 9.97 Å². The molecule has 0 bridgehead atoms. The first-order valence-electron chi connectivity index (χ1n) is 16.5. The second-order valence-electron chi connectivity index (χ2n) is 13.4. The van der Waals surface area contributed by atoms with Crippen molar-refractivity contribution in [3.05, 3.63) is 76.8 Å². The summed E-state index contributed by atoms with van der Waals surface area (Å²) in [5.74, 6) is 2.58. The molecule has 1 amide bonds. The number of amides is 1. The van der Waals surface area contributed by atoms with Gasteiger partial charge >= 0.3 is 6.01 Å². The maximum atomic E-state index is 12.6. The van der Waals surface area contributed by atoms with Crippen LogP contribution in [0.2, 0.25) is 5.02 Å². The van der Waals surface area contributed by atoms with E-state index in [0.717, 1.165) is 63.4 Å². The van der Waals surface area contributed by atoms with Crippen LogP contribution in [-0.4, -0.2) is 90.2 Å². The van der Waals surface area contributed by atoms with Gasteiger partial charge in [-0.15, -0.1) is 0 Å². The van der Waals surface area contributed by atoms with Crippen LogP contribution in [0, 0.1) is 18.4 Å². The molecule has 2 aromatic carbocycles. The predicted molar refractivity (Wildman–Crippen MR) is 182 cm³/mol. The van der Waals surface area contributed by atoms with Crippen LogP contribution < -0.4 is 14.5 Å². The van der Waals surface area contributed by atoms with Crippen molar-refractivity contribution in [1.29, 1.82) is 0 Å². The van der Waals surface area contributed by atoms with Crippen LogP contribution in [0.3, 0.4) is 0 Å². The number of nitrogens with zero attached hydrogens (tertiary/aromatic N) is 7. The van der Waals surface area contributed by atoms with E-state index in [2.05, 4.69) is 64.4 Å². The molecule has 2 saturated carbocycles. The highest BCUT2D eigenvalue weighted by molar-refractivity contribution is 6.36. The molecule has 0 spiro atoms. The molecule has 3 fully saturated rings. The Morgan fingerprint density at radius 2 is 1.93 bits per heavy atom. The molecule has 1 aromatic heterocycles. The first-order chi connectivity index (χ1) is 22.3. The summed E-state index contributed by atoms with van der Waals surface area (Å²) in [5, 5.41) is 2.90. The van der Waals surface area contributed by atoms with Crippen molar-refractivity contribution in [2.24, 2.45) is 11.8 Å². The van der Waals surface area contributed by atoms with Gasteiger partial charge in [-0.25, -0.2) is 6.57 Å². The van der Waals surface area contributed by atoms with Crippen molar-refractivity contribution in [1.82, 2.24) is 19.8 Å². The van der Waals surface area contributed by atoms with Gasteiger partial charge in [0.1, 0.15) is 18.5 Å². The third kappa shape index (κ3) is 5.89. The molecule has 240 valence electrons. The fraction of sp³-hybridized carbons (Fsp3) is 0.500. The van der Waals surface area contributed by atoms with E-state index in [-0.39, 0.29) is 24.5 Å². The smallest absolute Gasteiger partial charge is 0.318 e. The topological polar surface area (TPSA) is 69.4 Å². The Labute approximate surface area is 276 Å². The lowest BCUT2D eigenvalue weighted by atomic mass is 10.0. The van der Waals surface area contributed by atoms with Crippen molar-refractivity contribution in [3.63, 3.8) is 0 Å². The molecule has 4 aliphatic rings. The van der Waals surface area contributed by atoms with Gasteiger partial charge in [0.05, 0.1) is 17.3 Å². The lowest BCUT2D eigenvalue weighted by Gasteiger charge is -2.41. The summed E-state index contributed by atoms with van der Waals surface area (Å²) in [6.07, 6.45) is 6.10. The van der Waals surface area contributed by atoms with E-state index in [4.69, 9.17) is 32.9 Å². The molecule has 4 atom stereocenters. The molecule has 9 nitrogen and oxygen atoms in total. The number of carbonyl (C=O) groups is 1. The van der Waals surface area contributed by atoms with E-state index in [1.807, 2.05) is 12.1 Å². The van der Waals surface area contributed by atoms with Gasteiger partial charge in [-0.3, -0.25) is 9.69 Å². The van der Waals surface area contributed by atoms with Crippen molar-refractivity contribution in [3.8, 4) is 6.01 Å². The largest absolute Gasteiger partial charge is 0.462 e. The van der Waals surface area contributed by atoms with Crippen LogP contribution in [0.5, 0.6) is 6.01 Å². The fourth-order valence-corrected chi connectivity index (χ4v) is 8.14. The van der Waals surface area contributed by atoms with Gasteiger partial charge in [0, 0.05) is 54.9 Å². The molecule has 3 aromatic rings. The van der Waals surface area contributed by atoms with E-state index >= 15 is 0 Å². The number of carbonyl (C=O) groups excluding carboxylic acids is 1. The first kappa shape index (κ1) is 30.8.